The average Bonchev–Trinajstić information content (AvgIpc) is 2.25. The average molecular weight is 183 g/mol. The summed E-state index contributed by atoms with van der Waals surface area (Å²) in [7, 11) is 0. The Balaban J connectivity index is 2.27. The highest BCUT2D eigenvalue weighted by atomic mass is 14.9. The van der Waals surface area contributed by atoms with Gasteiger partial charge in [-0.25, -0.2) is 0 Å². The fourth-order valence-electron chi connectivity index (χ4n) is 2.77. The Labute approximate surface area is 83.3 Å². The van der Waals surface area contributed by atoms with E-state index in [4.69, 9.17) is 0 Å². The first-order valence-corrected chi connectivity index (χ1v) is 5.76. The van der Waals surface area contributed by atoms with E-state index >= 15 is 0 Å². The second-order valence-electron chi connectivity index (χ2n) is 5.51. The van der Waals surface area contributed by atoms with Gasteiger partial charge in [-0.2, -0.15) is 0 Å². The van der Waals surface area contributed by atoms with Crippen molar-refractivity contribution in [2.45, 2.75) is 47.0 Å². The van der Waals surface area contributed by atoms with Crippen molar-refractivity contribution < 1.29 is 0 Å². The summed E-state index contributed by atoms with van der Waals surface area (Å²) >= 11 is 0. The molecule has 0 bridgehead atoms. The van der Waals surface area contributed by atoms with Gasteiger partial charge in [0, 0.05) is 0 Å². The lowest BCUT2D eigenvalue weighted by atomic mass is 9.90. The van der Waals surface area contributed by atoms with Gasteiger partial charge in [-0.15, -0.1) is 0 Å². The van der Waals surface area contributed by atoms with Gasteiger partial charge >= 0.3 is 0 Å². The summed E-state index contributed by atoms with van der Waals surface area (Å²) in [5.74, 6) is 1.83. The van der Waals surface area contributed by atoms with Crippen LogP contribution in [0.3, 0.4) is 0 Å². The molecule has 2 atom stereocenters. The highest BCUT2D eigenvalue weighted by Crippen LogP contribution is 2.44. The molecular formula is C12H25N. The maximum absolute atomic E-state index is 3.55. The van der Waals surface area contributed by atoms with Crippen LogP contribution in [0, 0.1) is 17.3 Å². The molecule has 0 spiro atoms. The van der Waals surface area contributed by atoms with Gasteiger partial charge < -0.3 is 5.32 Å². The quantitative estimate of drug-likeness (QED) is 0.661. The van der Waals surface area contributed by atoms with E-state index in [0.29, 0.717) is 5.41 Å². The zero-order chi connectivity index (χ0) is 9.90. The molecule has 0 amide bonds. The molecule has 1 fully saturated rings. The molecule has 0 aromatic heterocycles. The van der Waals surface area contributed by atoms with Crippen molar-refractivity contribution >= 4 is 0 Å². The Morgan fingerprint density at radius 1 is 1.31 bits per heavy atom. The predicted molar refractivity (Wildman–Crippen MR) is 58.8 cm³/mol. The first-order chi connectivity index (χ1) is 6.05. The monoisotopic (exact) mass is 183 g/mol. The Morgan fingerprint density at radius 3 is 2.46 bits per heavy atom. The predicted octanol–water partition coefficient (Wildman–Crippen LogP) is 3.06. The van der Waals surface area contributed by atoms with Gasteiger partial charge in [0.1, 0.15) is 0 Å². The molecule has 0 heterocycles. The Hall–Kier alpha value is -0.0400. The summed E-state index contributed by atoms with van der Waals surface area (Å²) in [5.41, 5.74) is 0.595. The van der Waals surface area contributed by atoms with E-state index in [1.165, 1.54) is 32.4 Å². The summed E-state index contributed by atoms with van der Waals surface area (Å²) in [6.45, 7) is 11.9. The van der Waals surface area contributed by atoms with Crippen molar-refractivity contribution in [1.82, 2.24) is 5.32 Å². The first kappa shape index (κ1) is 11.0. The molecule has 2 unspecified atom stereocenters. The lowest BCUT2D eigenvalue weighted by Gasteiger charge is -2.17. The number of nitrogens with one attached hydrogen (secondary N) is 1. The molecule has 1 nitrogen and oxygen atoms in total. The zero-order valence-electron chi connectivity index (χ0n) is 9.69. The minimum Gasteiger partial charge on any atom is -0.316 e. The summed E-state index contributed by atoms with van der Waals surface area (Å²) in [4.78, 5) is 0. The molecular weight excluding hydrogens is 158 g/mol. The zero-order valence-corrected chi connectivity index (χ0v) is 9.69. The van der Waals surface area contributed by atoms with Crippen LogP contribution in [0.15, 0.2) is 0 Å². The van der Waals surface area contributed by atoms with Crippen LogP contribution >= 0.6 is 0 Å². The Kier molecular flexibility index (Phi) is 3.78. The molecule has 1 rings (SSSR count). The van der Waals surface area contributed by atoms with Crippen LogP contribution in [0.1, 0.15) is 47.0 Å². The van der Waals surface area contributed by atoms with E-state index < -0.39 is 0 Å². The lowest BCUT2D eigenvalue weighted by molar-refractivity contribution is 0.355. The maximum Gasteiger partial charge on any atom is -0.00178 e. The van der Waals surface area contributed by atoms with Crippen LogP contribution in [0.2, 0.25) is 0 Å². The fourth-order valence-corrected chi connectivity index (χ4v) is 2.77. The number of rotatable bonds is 4. The topological polar surface area (TPSA) is 12.0 Å². The van der Waals surface area contributed by atoms with Crippen LogP contribution in [0.5, 0.6) is 0 Å². The third-order valence-electron chi connectivity index (χ3n) is 3.33. The molecule has 1 saturated carbocycles. The molecule has 1 N–H and O–H groups in total. The summed E-state index contributed by atoms with van der Waals surface area (Å²) in [6, 6.07) is 0. The normalized spacial score (nSPS) is 32.3. The fraction of sp³-hybridized carbons (Fsp3) is 1.00. The summed E-state index contributed by atoms with van der Waals surface area (Å²) in [5, 5.41) is 3.55. The number of hydrogen-bond donors (Lipinski definition) is 1. The third-order valence-corrected chi connectivity index (χ3v) is 3.33. The van der Waals surface area contributed by atoms with Gasteiger partial charge in [-0.1, -0.05) is 27.7 Å². The molecule has 1 heteroatoms. The van der Waals surface area contributed by atoms with Gasteiger partial charge in [0.05, 0.1) is 0 Å². The van der Waals surface area contributed by atoms with E-state index in [2.05, 4.69) is 33.0 Å². The first-order valence-electron chi connectivity index (χ1n) is 5.76. The summed E-state index contributed by atoms with van der Waals surface area (Å²) in [6.07, 6.45) is 4.07. The molecule has 1 aliphatic rings. The van der Waals surface area contributed by atoms with Crippen LogP contribution in [0.4, 0.5) is 0 Å². The van der Waals surface area contributed by atoms with Crippen molar-refractivity contribution in [2.24, 2.45) is 17.3 Å². The minimum atomic E-state index is 0.595. The lowest BCUT2D eigenvalue weighted by Crippen LogP contribution is -2.25. The molecule has 0 aromatic rings. The maximum atomic E-state index is 3.55. The summed E-state index contributed by atoms with van der Waals surface area (Å²) < 4.78 is 0. The van der Waals surface area contributed by atoms with E-state index in [9.17, 15) is 0 Å². The minimum absolute atomic E-state index is 0.595. The van der Waals surface area contributed by atoms with Crippen molar-refractivity contribution in [3.05, 3.63) is 0 Å². The largest absolute Gasteiger partial charge is 0.316 e. The Bertz CT molecular complexity index is 151. The molecule has 0 aromatic carbocycles. The van der Waals surface area contributed by atoms with Crippen LogP contribution in [-0.4, -0.2) is 13.1 Å². The van der Waals surface area contributed by atoms with Crippen molar-refractivity contribution in [2.75, 3.05) is 13.1 Å². The molecule has 78 valence electrons. The van der Waals surface area contributed by atoms with Crippen LogP contribution < -0.4 is 5.32 Å². The smallest absolute Gasteiger partial charge is 0.00178 e. The van der Waals surface area contributed by atoms with Crippen molar-refractivity contribution in [3.63, 3.8) is 0 Å². The van der Waals surface area contributed by atoms with E-state index in [-0.39, 0.29) is 0 Å². The van der Waals surface area contributed by atoms with E-state index in [0.717, 1.165) is 11.8 Å². The SMILES string of the molecule is CCCNCC1CC(C)(C)CC1C. The van der Waals surface area contributed by atoms with Gasteiger partial charge in [-0.3, -0.25) is 0 Å². The van der Waals surface area contributed by atoms with Gasteiger partial charge in [0.2, 0.25) is 0 Å². The molecule has 1 aliphatic carbocycles. The molecule has 13 heavy (non-hydrogen) atoms. The van der Waals surface area contributed by atoms with Crippen molar-refractivity contribution in [1.29, 1.82) is 0 Å². The van der Waals surface area contributed by atoms with Crippen molar-refractivity contribution in [3.8, 4) is 0 Å². The standard InChI is InChI=1S/C12H25N/c1-5-6-13-9-11-8-12(3,4)7-10(11)2/h10-11,13H,5-9H2,1-4H3. The molecule has 0 saturated heterocycles. The van der Waals surface area contributed by atoms with Crippen LogP contribution in [-0.2, 0) is 0 Å². The molecule has 0 aliphatic heterocycles. The highest BCUT2D eigenvalue weighted by Gasteiger charge is 2.35. The van der Waals surface area contributed by atoms with Gasteiger partial charge in [0.15, 0.2) is 0 Å². The number of hydrogen-bond acceptors (Lipinski definition) is 1. The third kappa shape index (κ3) is 3.30. The van der Waals surface area contributed by atoms with Gasteiger partial charge in [0.25, 0.3) is 0 Å². The van der Waals surface area contributed by atoms with E-state index in [1.54, 1.807) is 0 Å². The molecule has 0 radical (unpaired) electrons. The van der Waals surface area contributed by atoms with Crippen LogP contribution in [0.25, 0.3) is 0 Å². The second-order valence-corrected chi connectivity index (χ2v) is 5.51. The van der Waals surface area contributed by atoms with Gasteiger partial charge in [-0.05, 0) is 49.6 Å². The second kappa shape index (κ2) is 4.45. The van der Waals surface area contributed by atoms with E-state index in [1.807, 2.05) is 0 Å². The Morgan fingerprint density at radius 2 is 2.00 bits per heavy atom. The highest BCUT2D eigenvalue weighted by molar-refractivity contribution is 4.87.